The smallest absolute Gasteiger partial charge is 0.172 e. The number of methoxy groups -OCH3 is 1. The lowest BCUT2D eigenvalue weighted by Gasteiger charge is -2.34. The summed E-state index contributed by atoms with van der Waals surface area (Å²) in [4.78, 5) is 16.9. The van der Waals surface area contributed by atoms with Gasteiger partial charge in [-0.05, 0) is 19.3 Å². The van der Waals surface area contributed by atoms with E-state index in [1.807, 2.05) is 6.20 Å². The molecule has 0 bridgehead atoms. The number of hydrogen-bond acceptors (Lipinski definition) is 3. The summed E-state index contributed by atoms with van der Waals surface area (Å²) in [5, 5.41) is 0. The van der Waals surface area contributed by atoms with Crippen molar-refractivity contribution in [3.8, 4) is 0 Å². The van der Waals surface area contributed by atoms with Crippen molar-refractivity contribution in [2.45, 2.75) is 64.0 Å². The summed E-state index contributed by atoms with van der Waals surface area (Å²) in [5.74, 6) is 1.06. The third-order valence-electron chi connectivity index (χ3n) is 4.15. The standard InChI is InChI=1S/C15H24N2O2/c1-3-10-17-11-9-16-14(17)12-13(18)15(19-2)7-5-4-6-8-15/h9,11H,3-8,10,12H2,1-2H3. The number of ketones is 1. The van der Waals surface area contributed by atoms with E-state index in [9.17, 15) is 4.79 Å². The minimum Gasteiger partial charge on any atom is -0.370 e. The Morgan fingerprint density at radius 1 is 1.42 bits per heavy atom. The summed E-state index contributed by atoms with van der Waals surface area (Å²) in [6.45, 7) is 3.05. The zero-order chi connectivity index (χ0) is 13.7. The molecule has 4 heteroatoms. The molecule has 1 aromatic heterocycles. The van der Waals surface area contributed by atoms with E-state index in [-0.39, 0.29) is 5.78 Å². The summed E-state index contributed by atoms with van der Waals surface area (Å²) < 4.78 is 7.68. The van der Waals surface area contributed by atoms with Crippen LogP contribution in [0.4, 0.5) is 0 Å². The van der Waals surface area contributed by atoms with Crippen molar-refractivity contribution in [1.29, 1.82) is 0 Å². The number of carbonyl (C=O) groups excluding carboxylic acids is 1. The molecule has 0 aliphatic heterocycles. The van der Waals surface area contributed by atoms with E-state index >= 15 is 0 Å². The number of rotatable bonds is 6. The highest BCUT2D eigenvalue weighted by molar-refractivity contribution is 5.88. The molecule has 0 aromatic carbocycles. The normalized spacial score (nSPS) is 18.4. The first-order valence-electron chi connectivity index (χ1n) is 7.30. The predicted molar refractivity (Wildman–Crippen MR) is 74.1 cm³/mol. The highest BCUT2D eigenvalue weighted by Crippen LogP contribution is 2.32. The number of imidazole rings is 1. The number of nitrogens with zero attached hydrogens (tertiary/aromatic N) is 2. The number of carbonyl (C=O) groups is 1. The lowest BCUT2D eigenvalue weighted by Crippen LogP contribution is -2.43. The van der Waals surface area contributed by atoms with Crippen molar-refractivity contribution >= 4 is 5.78 Å². The molecular weight excluding hydrogens is 240 g/mol. The van der Waals surface area contributed by atoms with Crippen LogP contribution in [0.25, 0.3) is 0 Å². The van der Waals surface area contributed by atoms with Crippen molar-refractivity contribution in [2.24, 2.45) is 0 Å². The summed E-state index contributed by atoms with van der Waals surface area (Å²) in [6.07, 6.45) is 10.3. The van der Waals surface area contributed by atoms with Crippen molar-refractivity contribution in [1.82, 2.24) is 9.55 Å². The maximum Gasteiger partial charge on any atom is 0.172 e. The molecule has 106 valence electrons. The van der Waals surface area contributed by atoms with E-state index < -0.39 is 5.60 Å². The van der Waals surface area contributed by atoms with Crippen molar-refractivity contribution < 1.29 is 9.53 Å². The van der Waals surface area contributed by atoms with Gasteiger partial charge in [0, 0.05) is 26.0 Å². The Bertz CT molecular complexity index is 420. The number of aromatic nitrogens is 2. The zero-order valence-corrected chi connectivity index (χ0v) is 12.0. The van der Waals surface area contributed by atoms with Crippen LogP contribution in [0.3, 0.4) is 0 Å². The van der Waals surface area contributed by atoms with Gasteiger partial charge in [-0.1, -0.05) is 26.2 Å². The molecule has 1 aromatic rings. The molecule has 1 saturated carbocycles. The lowest BCUT2D eigenvalue weighted by molar-refractivity contribution is -0.144. The van der Waals surface area contributed by atoms with Crippen LogP contribution in [0, 0.1) is 0 Å². The Morgan fingerprint density at radius 3 is 2.79 bits per heavy atom. The number of aryl methyl sites for hydroxylation is 1. The van der Waals surface area contributed by atoms with Crippen molar-refractivity contribution in [3.05, 3.63) is 18.2 Å². The second-order valence-corrected chi connectivity index (χ2v) is 5.40. The number of ether oxygens (including phenoxy) is 1. The quantitative estimate of drug-likeness (QED) is 0.793. The molecule has 1 fully saturated rings. The maximum atomic E-state index is 12.6. The monoisotopic (exact) mass is 264 g/mol. The second kappa shape index (κ2) is 6.33. The van der Waals surface area contributed by atoms with Gasteiger partial charge in [-0.25, -0.2) is 4.98 Å². The van der Waals surface area contributed by atoms with Gasteiger partial charge in [-0.3, -0.25) is 4.79 Å². The largest absolute Gasteiger partial charge is 0.370 e. The zero-order valence-electron chi connectivity index (χ0n) is 12.0. The fourth-order valence-corrected chi connectivity index (χ4v) is 2.98. The van der Waals surface area contributed by atoms with Gasteiger partial charge in [0.15, 0.2) is 5.78 Å². The molecule has 0 atom stereocenters. The van der Waals surface area contributed by atoms with Crippen LogP contribution in [-0.4, -0.2) is 28.0 Å². The average Bonchev–Trinajstić information content (AvgIpc) is 2.87. The molecule has 4 nitrogen and oxygen atoms in total. The molecule has 0 radical (unpaired) electrons. The Balaban J connectivity index is 2.08. The fourth-order valence-electron chi connectivity index (χ4n) is 2.98. The van der Waals surface area contributed by atoms with E-state index in [4.69, 9.17) is 4.74 Å². The maximum absolute atomic E-state index is 12.6. The Labute approximate surface area is 115 Å². The van der Waals surface area contributed by atoms with Gasteiger partial charge in [0.2, 0.25) is 0 Å². The highest BCUT2D eigenvalue weighted by atomic mass is 16.5. The summed E-state index contributed by atoms with van der Waals surface area (Å²) in [6, 6.07) is 0. The van der Waals surface area contributed by atoms with Gasteiger partial charge in [0.1, 0.15) is 11.4 Å². The van der Waals surface area contributed by atoms with Gasteiger partial charge < -0.3 is 9.30 Å². The van der Waals surface area contributed by atoms with Gasteiger partial charge in [0.25, 0.3) is 0 Å². The van der Waals surface area contributed by atoms with Crippen LogP contribution in [0.1, 0.15) is 51.3 Å². The first-order chi connectivity index (χ1) is 9.22. The Kier molecular flexibility index (Phi) is 4.75. The second-order valence-electron chi connectivity index (χ2n) is 5.40. The van der Waals surface area contributed by atoms with E-state index in [0.717, 1.165) is 44.5 Å². The third-order valence-corrected chi connectivity index (χ3v) is 4.15. The van der Waals surface area contributed by atoms with Gasteiger partial charge in [-0.15, -0.1) is 0 Å². The van der Waals surface area contributed by atoms with Crippen LogP contribution in [0.2, 0.25) is 0 Å². The highest BCUT2D eigenvalue weighted by Gasteiger charge is 2.39. The lowest BCUT2D eigenvalue weighted by atomic mass is 9.80. The first-order valence-corrected chi connectivity index (χ1v) is 7.30. The molecule has 19 heavy (non-hydrogen) atoms. The average molecular weight is 264 g/mol. The van der Waals surface area contributed by atoms with Crippen LogP contribution < -0.4 is 0 Å². The number of hydrogen-bond donors (Lipinski definition) is 0. The van der Waals surface area contributed by atoms with Gasteiger partial charge in [0.05, 0.1) is 6.42 Å². The Morgan fingerprint density at radius 2 is 2.16 bits per heavy atom. The van der Waals surface area contributed by atoms with Crippen molar-refractivity contribution in [2.75, 3.05) is 7.11 Å². The first kappa shape index (κ1) is 14.3. The fraction of sp³-hybridized carbons (Fsp3) is 0.733. The van der Waals surface area contributed by atoms with Crippen molar-refractivity contribution in [3.63, 3.8) is 0 Å². The van der Waals surface area contributed by atoms with Crippen LogP contribution in [0.5, 0.6) is 0 Å². The van der Waals surface area contributed by atoms with Crippen LogP contribution in [0.15, 0.2) is 12.4 Å². The summed E-state index contributed by atoms with van der Waals surface area (Å²) >= 11 is 0. The topological polar surface area (TPSA) is 44.1 Å². The molecule has 0 spiro atoms. The van der Waals surface area contributed by atoms with E-state index in [2.05, 4.69) is 16.5 Å². The van der Waals surface area contributed by atoms with E-state index in [1.54, 1.807) is 13.3 Å². The summed E-state index contributed by atoms with van der Waals surface area (Å²) in [5.41, 5.74) is -0.554. The van der Waals surface area contributed by atoms with E-state index in [0.29, 0.717) is 6.42 Å². The SMILES string of the molecule is CCCn1ccnc1CC(=O)C1(OC)CCCCC1. The molecule has 1 aliphatic rings. The molecule has 0 saturated heterocycles. The summed E-state index contributed by atoms with van der Waals surface area (Å²) in [7, 11) is 1.67. The Hall–Kier alpha value is -1.16. The molecule has 1 heterocycles. The molecule has 1 aliphatic carbocycles. The molecule has 0 amide bonds. The molecule has 0 N–H and O–H groups in total. The third kappa shape index (κ3) is 3.06. The van der Waals surface area contributed by atoms with Gasteiger partial charge in [-0.2, -0.15) is 0 Å². The minimum absolute atomic E-state index is 0.193. The molecular formula is C15H24N2O2. The molecule has 0 unspecified atom stereocenters. The van der Waals surface area contributed by atoms with E-state index in [1.165, 1.54) is 6.42 Å². The van der Waals surface area contributed by atoms with Crippen LogP contribution >= 0.6 is 0 Å². The van der Waals surface area contributed by atoms with Crippen LogP contribution in [-0.2, 0) is 22.5 Å². The minimum atomic E-state index is -0.554. The number of Topliss-reactive ketones (excluding diaryl/α,β-unsaturated/α-hetero) is 1. The predicted octanol–water partition coefficient (Wildman–Crippen LogP) is 2.75. The molecule has 2 rings (SSSR count). The van der Waals surface area contributed by atoms with Gasteiger partial charge >= 0.3 is 0 Å².